The number of likely N-dealkylation sites (N-methyl/N-ethyl adjacent to an activating group) is 1. The fourth-order valence-electron chi connectivity index (χ4n) is 1.34. The van der Waals surface area contributed by atoms with Gasteiger partial charge in [0.2, 0.25) is 0 Å². The summed E-state index contributed by atoms with van der Waals surface area (Å²) in [6.07, 6.45) is 0. The van der Waals surface area contributed by atoms with Gasteiger partial charge in [-0.1, -0.05) is 6.07 Å². The molecule has 0 radical (unpaired) electrons. The van der Waals surface area contributed by atoms with Gasteiger partial charge in [-0.05, 0) is 31.5 Å². The molecule has 0 heterocycles. The number of aryl methyl sites for hydroxylation is 1. The van der Waals surface area contributed by atoms with E-state index in [1.807, 2.05) is 0 Å². The van der Waals surface area contributed by atoms with E-state index >= 15 is 0 Å². The van der Waals surface area contributed by atoms with Crippen molar-refractivity contribution in [1.82, 2.24) is 4.90 Å². The first kappa shape index (κ1) is 12.6. The van der Waals surface area contributed by atoms with Crippen LogP contribution in [0.5, 0.6) is 0 Å². The summed E-state index contributed by atoms with van der Waals surface area (Å²) in [5.74, 6) is -0.711. The largest absolute Gasteiger partial charge is 0.394 e. The normalized spacial score (nSPS) is 12.3. The molecule has 1 rings (SSSR count). The summed E-state index contributed by atoms with van der Waals surface area (Å²) in [5, 5.41) is 8.96. The standard InChI is InChI=1S/C12H16FNO2/c1-8-4-5-10(13)6-11(8)12(16)14(3)9(2)7-15/h4-6,9,15H,7H2,1-3H3. The summed E-state index contributed by atoms with van der Waals surface area (Å²) in [6.45, 7) is 3.37. The van der Waals surface area contributed by atoms with Crippen LogP contribution in [0.1, 0.15) is 22.8 Å². The Morgan fingerprint density at radius 2 is 2.19 bits per heavy atom. The molecule has 16 heavy (non-hydrogen) atoms. The third-order valence-corrected chi connectivity index (χ3v) is 2.68. The lowest BCUT2D eigenvalue weighted by atomic mass is 10.1. The minimum atomic E-state index is -0.431. The zero-order valence-electron chi connectivity index (χ0n) is 9.70. The number of benzene rings is 1. The predicted molar refractivity (Wildman–Crippen MR) is 59.8 cm³/mol. The third kappa shape index (κ3) is 2.58. The Morgan fingerprint density at radius 1 is 1.56 bits per heavy atom. The van der Waals surface area contributed by atoms with Crippen LogP contribution >= 0.6 is 0 Å². The van der Waals surface area contributed by atoms with Gasteiger partial charge in [-0.25, -0.2) is 4.39 Å². The Morgan fingerprint density at radius 3 is 2.75 bits per heavy atom. The SMILES string of the molecule is Cc1ccc(F)cc1C(=O)N(C)C(C)CO. The molecule has 0 saturated heterocycles. The molecule has 1 amide bonds. The van der Waals surface area contributed by atoms with E-state index in [0.29, 0.717) is 5.56 Å². The van der Waals surface area contributed by atoms with Gasteiger partial charge in [0.05, 0.1) is 12.6 Å². The van der Waals surface area contributed by atoms with Crippen LogP contribution in [0.3, 0.4) is 0 Å². The highest BCUT2D eigenvalue weighted by Crippen LogP contribution is 2.13. The van der Waals surface area contributed by atoms with Crippen LogP contribution in [0.4, 0.5) is 4.39 Å². The van der Waals surface area contributed by atoms with Crippen LogP contribution in [-0.4, -0.2) is 35.6 Å². The van der Waals surface area contributed by atoms with Crippen LogP contribution in [0.15, 0.2) is 18.2 Å². The van der Waals surface area contributed by atoms with Crippen molar-refractivity contribution < 1.29 is 14.3 Å². The fourth-order valence-corrected chi connectivity index (χ4v) is 1.34. The van der Waals surface area contributed by atoms with Crippen molar-refractivity contribution in [3.63, 3.8) is 0 Å². The molecule has 88 valence electrons. The van der Waals surface area contributed by atoms with Crippen molar-refractivity contribution in [3.05, 3.63) is 35.1 Å². The van der Waals surface area contributed by atoms with E-state index in [4.69, 9.17) is 5.11 Å². The molecular weight excluding hydrogens is 209 g/mol. The van der Waals surface area contributed by atoms with Crippen molar-refractivity contribution in [3.8, 4) is 0 Å². The maximum absolute atomic E-state index is 13.0. The zero-order chi connectivity index (χ0) is 12.3. The molecule has 3 nitrogen and oxygen atoms in total. The number of rotatable bonds is 3. The summed E-state index contributed by atoms with van der Waals surface area (Å²) in [5.41, 5.74) is 1.06. The Kier molecular flexibility index (Phi) is 4.01. The van der Waals surface area contributed by atoms with Crippen LogP contribution in [-0.2, 0) is 0 Å². The molecule has 0 aromatic heterocycles. The average molecular weight is 225 g/mol. The molecule has 0 aliphatic carbocycles. The van der Waals surface area contributed by atoms with Crippen molar-refractivity contribution >= 4 is 5.91 Å². The molecule has 1 atom stereocenters. The van der Waals surface area contributed by atoms with E-state index < -0.39 is 5.82 Å². The zero-order valence-corrected chi connectivity index (χ0v) is 9.70. The van der Waals surface area contributed by atoms with E-state index in [9.17, 15) is 9.18 Å². The molecule has 0 saturated carbocycles. The number of hydrogen-bond donors (Lipinski definition) is 1. The summed E-state index contributed by atoms with van der Waals surface area (Å²) in [6, 6.07) is 3.83. The van der Waals surface area contributed by atoms with E-state index in [2.05, 4.69) is 0 Å². The van der Waals surface area contributed by atoms with Gasteiger partial charge in [0.15, 0.2) is 0 Å². The van der Waals surface area contributed by atoms with Crippen molar-refractivity contribution in [2.45, 2.75) is 19.9 Å². The predicted octanol–water partition coefficient (Wildman–Crippen LogP) is 1.59. The molecule has 0 fully saturated rings. The monoisotopic (exact) mass is 225 g/mol. The second kappa shape index (κ2) is 5.07. The minimum Gasteiger partial charge on any atom is -0.394 e. The Balaban J connectivity index is 3.00. The van der Waals surface area contributed by atoms with Gasteiger partial charge in [0, 0.05) is 12.6 Å². The number of carbonyl (C=O) groups excluding carboxylic acids is 1. The molecule has 0 bridgehead atoms. The number of carbonyl (C=O) groups is 1. The number of amides is 1. The van der Waals surface area contributed by atoms with Gasteiger partial charge in [-0.3, -0.25) is 4.79 Å². The highest BCUT2D eigenvalue weighted by atomic mass is 19.1. The molecule has 1 aromatic rings. The lowest BCUT2D eigenvalue weighted by Crippen LogP contribution is -2.37. The molecule has 1 aromatic carbocycles. The summed E-state index contributed by atoms with van der Waals surface area (Å²) in [7, 11) is 1.59. The van der Waals surface area contributed by atoms with Gasteiger partial charge in [0.1, 0.15) is 5.82 Å². The van der Waals surface area contributed by atoms with E-state index in [1.165, 1.54) is 17.0 Å². The van der Waals surface area contributed by atoms with Gasteiger partial charge in [-0.2, -0.15) is 0 Å². The Bertz CT molecular complexity index is 393. The smallest absolute Gasteiger partial charge is 0.254 e. The quantitative estimate of drug-likeness (QED) is 0.848. The van der Waals surface area contributed by atoms with Crippen LogP contribution in [0, 0.1) is 12.7 Å². The Hall–Kier alpha value is -1.42. The second-order valence-electron chi connectivity index (χ2n) is 3.91. The molecule has 4 heteroatoms. The highest BCUT2D eigenvalue weighted by Gasteiger charge is 2.18. The first-order valence-electron chi connectivity index (χ1n) is 5.11. The molecular formula is C12H16FNO2. The Labute approximate surface area is 94.5 Å². The summed E-state index contributed by atoms with van der Waals surface area (Å²) >= 11 is 0. The van der Waals surface area contributed by atoms with E-state index in [-0.39, 0.29) is 18.6 Å². The maximum atomic E-state index is 13.0. The van der Waals surface area contributed by atoms with Gasteiger partial charge >= 0.3 is 0 Å². The van der Waals surface area contributed by atoms with Crippen molar-refractivity contribution in [1.29, 1.82) is 0 Å². The summed E-state index contributed by atoms with van der Waals surface area (Å²) in [4.78, 5) is 13.4. The highest BCUT2D eigenvalue weighted by molar-refractivity contribution is 5.95. The van der Waals surface area contributed by atoms with Gasteiger partial charge in [0.25, 0.3) is 5.91 Å². The fraction of sp³-hybridized carbons (Fsp3) is 0.417. The number of halogens is 1. The van der Waals surface area contributed by atoms with Gasteiger partial charge in [-0.15, -0.1) is 0 Å². The van der Waals surface area contributed by atoms with Gasteiger partial charge < -0.3 is 10.0 Å². The second-order valence-corrected chi connectivity index (χ2v) is 3.91. The van der Waals surface area contributed by atoms with E-state index in [0.717, 1.165) is 5.56 Å². The van der Waals surface area contributed by atoms with Crippen LogP contribution < -0.4 is 0 Å². The van der Waals surface area contributed by atoms with Crippen molar-refractivity contribution in [2.75, 3.05) is 13.7 Å². The lowest BCUT2D eigenvalue weighted by Gasteiger charge is -2.23. The maximum Gasteiger partial charge on any atom is 0.254 e. The molecule has 0 spiro atoms. The molecule has 0 aliphatic rings. The third-order valence-electron chi connectivity index (χ3n) is 2.68. The number of nitrogens with zero attached hydrogens (tertiary/aromatic N) is 1. The van der Waals surface area contributed by atoms with E-state index in [1.54, 1.807) is 27.0 Å². The van der Waals surface area contributed by atoms with Crippen LogP contribution in [0.25, 0.3) is 0 Å². The number of aliphatic hydroxyl groups excluding tert-OH is 1. The van der Waals surface area contributed by atoms with Crippen molar-refractivity contribution in [2.24, 2.45) is 0 Å². The number of hydrogen-bond acceptors (Lipinski definition) is 2. The first-order valence-corrected chi connectivity index (χ1v) is 5.11. The average Bonchev–Trinajstić information content (AvgIpc) is 2.29. The molecule has 1 unspecified atom stereocenters. The summed E-state index contributed by atoms with van der Waals surface area (Å²) < 4.78 is 13.0. The van der Waals surface area contributed by atoms with Crippen LogP contribution in [0.2, 0.25) is 0 Å². The topological polar surface area (TPSA) is 40.5 Å². The molecule has 0 aliphatic heterocycles. The number of aliphatic hydroxyl groups is 1. The lowest BCUT2D eigenvalue weighted by molar-refractivity contribution is 0.0681. The first-order chi connectivity index (χ1) is 7.47. The molecule has 1 N–H and O–H groups in total. The minimum absolute atomic E-state index is 0.114.